The number of carbonyl (C=O) groups excluding carboxylic acids is 2. The zero-order valence-corrected chi connectivity index (χ0v) is 8.86. The molecule has 90 valence electrons. The second kappa shape index (κ2) is 4.71. The molecule has 7 nitrogen and oxygen atoms in total. The summed E-state index contributed by atoms with van der Waals surface area (Å²) in [7, 11) is 0. The van der Waals surface area contributed by atoms with Crippen molar-refractivity contribution in [3.8, 4) is 11.5 Å². The van der Waals surface area contributed by atoms with Crippen molar-refractivity contribution in [3.05, 3.63) is 18.2 Å². The molecule has 0 bridgehead atoms. The molecule has 1 heterocycles. The number of anilines is 1. The van der Waals surface area contributed by atoms with Gasteiger partial charge >= 0.3 is 11.8 Å². The van der Waals surface area contributed by atoms with Gasteiger partial charge in [0.05, 0.1) is 0 Å². The normalized spacial score (nSPS) is 12.8. The van der Waals surface area contributed by atoms with E-state index in [9.17, 15) is 9.59 Å². The molecule has 0 fully saturated rings. The highest BCUT2D eigenvalue weighted by Gasteiger charge is 2.15. The average molecular weight is 237 g/mol. The second-order valence-electron chi connectivity index (χ2n) is 3.29. The van der Waals surface area contributed by atoms with Crippen LogP contribution in [0.25, 0.3) is 0 Å². The van der Waals surface area contributed by atoms with Crippen molar-refractivity contribution in [2.45, 2.75) is 0 Å². The summed E-state index contributed by atoms with van der Waals surface area (Å²) in [6.07, 6.45) is 0. The maximum absolute atomic E-state index is 11.2. The van der Waals surface area contributed by atoms with Crippen LogP contribution in [0, 0.1) is 0 Å². The molecule has 17 heavy (non-hydrogen) atoms. The van der Waals surface area contributed by atoms with Gasteiger partial charge in [0.25, 0.3) is 0 Å². The van der Waals surface area contributed by atoms with Crippen molar-refractivity contribution >= 4 is 17.5 Å². The number of nitrogens with two attached hydrogens (primary N) is 1. The molecule has 1 aliphatic heterocycles. The molecular weight excluding hydrogens is 226 g/mol. The van der Waals surface area contributed by atoms with E-state index in [1.807, 2.05) is 0 Å². The highest BCUT2D eigenvalue weighted by molar-refractivity contribution is 6.39. The van der Waals surface area contributed by atoms with Crippen molar-refractivity contribution in [1.29, 1.82) is 0 Å². The molecule has 0 saturated carbocycles. The lowest BCUT2D eigenvalue weighted by molar-refractivity contribution is -0.136. The first-order valence-corrected chi connectivity index (χ1v) is 4.92. The van der Waals surface area contributed by atoms with Crippen LogP contribution in [0.3, 0.4) is 0 Å². The molecule has 0 spiro atoms. The van der Waals surface area contributed by atoms with Crippen molar-refractivity contribution in [2.75, 3.05) is 18.5 Å². The fraction of sp³-hybridized carbons (Fsp3) is 0.200. The van der Waals surface area contributed by atoms with Gasteiger partial charge in [-0.3, -0.25) is 15.0 Å². The first kappa shape index (κ1) is 11.2. The van der Waals surface area contributed by atoms with E-state index in [1.54, 1.807) is 23.6 Å². The number of rotatable bonds is 1. The molecule has 0 unspecified atom stereocenters. The largest absolute Gasteiger partial charge is 0.486 e. The lowest BCUT2D eigenvalue weighted by Crippen LogP contribution is -2.39. The van der Waals surface area contributed by atoms with Gasteiger partial charge in [0.15, 0.2) is 11.5 Å². The minimum absolute atomic E-state index is 0.433. The summed E-state index contributed by atoms with van der Waals surface area (Å²) in [6, 6.07) is 4.84. The zero-order valence-electron chi connectivity index (χ0n) is 8.86. The summed E-state index contributed by atoms with van der Waals surface area (Å²) in [5.41, 5.74) is 2.17. The molecule has 4 N–H and O–H groups in total. The van der Waals surface area contributed by atoms with Crippen LogP contribution in [0.4, 0.5) is 5.69 Å². The average Bonchev–Trinajstić information content (AvgIpc) is 2.37. The highest BCUT2D eigenvalue weighted by Crippen LogP contribution is 2.32. The monoisotopic (exact) mass is 237 g/mol. The van der Waals surface area contributed by atoms with E-state index in [0.29, 0.717) is 30.4 Å². The minimum Gasteiger partial charge on any atom is -0.486 e. The first-order valence-electron chi connectivity index (χ1n) is 4.92. The number of benzene rings is 1. The standard InChI is InChI=1S/C10H11N3O4/c11-13-10(15)9(14)12-6-1-2-7-8(5-6)17-4-3-16-7/h1-2,5H,3-4,11H2,(H,12,14)(H,13,15). The fourth-order valence-electron chi connectivity index (χ4n) is 1.37. The van der Waals surface area contributed by atoms with E-state index in [0.717, 1.165) is 0 Å². The molecule has 1 aromatic rings. The summed E-state index contributed by atoms with van der Waals surface area (Å²) in [5, 5.41) is 2.38. The molecule has 0 aromatic heterocycles. The van der Waals surface area contributed by atoms with Crippen molar-refractivity contribution in [2.24, 2.45) is 5.84 Å². The Morgan fingerprint density at radius 1 is 1.12 bits per heavy atom. The van der Waals surface area contributed by atoms with Crippen LogP contribution in [-0.4, -0.2) is 25.0 Å². The molecule has 1 aromatic carbocycles. The van der Waals surface area contributed by atoms with Crippen LogP contribution in [-0.2, 0) is 9.59 Å². The number of hydrogen-bond acceptors (Lipinski definition) is 5. The SMILES string of the molecule is NNC(=O)C(=O)Nc1ccc2c(c1)OCCO2. The Morgan fingerprint density at radius 3 is 2.53 bits per heavy atom. The predicted octanol–water partition coefficient (Wildman–Crippen LogP) is -0.614. The molecule has 0 aliphatic carbocycles. The molecular formula is C10H11N3O4. The third-order valence-electron chi connectivity index (χ3n) is 2.14. The number of amides is 2. The Balaban J connectivity index is 2.12. The van der Waals surface area contributed by atoms with Crippen LogP contribution in [0.15, 0.2) is 18.2 Å². The van der Waals surface area contributed by atoms with Crippen LogP contribution < -0.4 is 26.1 Å². The van der Waals surface area contributed by atoms with Gasteiger partial charge < -0.3 is 14.8 Å². The third-order valence-corrected chi connectivity index (χ3v) is 2.14. The molecule has 0 radical (unpaired) electrons. The first-order chi connectivity index (χ1) is 8.20. The van der Waals surface area contributed by atoms with Gasteiger partial charge in [-0.25, -0.2) is 5.84 Å². The Hall–Kier alpha value is -2.28. The number of hydrazine groups is 1. The van der Waals surface area contributed by atoms with Crippen molar-refractivity contribution in [1.82, 2.24) is 5.43 Å². The van der Waals surface area contributed by atoms with Crippen molar-refractivity contribution in [3.63, 3.8) is 0 Å². The Labute approximate surface area is 96.8 Å². The summed E-state index contributed by atoms with van der Waals surface area (Å²) in [6.45, 7) is 0.946. The lowest BCUT2D eigenvalue weighted by Gasteiger charge is -2.18. The third kappa shape index (κ3) is 2.45. The fourth-order valence-corrected chi connectivity index (χ4v) is 1.37. The minimum atomic E-state index is -0.917. The van der Waals surface area contributed by atoms with Crippen molar-refractivity contribution < 1.29 is 19.1 Å². The van der Waals surface area contributed by atoms with Gasteiger partial charge in [-0.2, -0.15) is 0 Å². The van der Waals surface area contributed by atoms with E-state index in [4.69, 9.17) is 15.3 Å². The second-order valence-corrected chi connectivity index (χ2v) is 3.29. The van der Waals surface area contributed by atoms with Gasteiger partial charge in [0.1, 0.15) is 13.2 Å². The quantitative estimate of drug-likeness (QED) is 0.261. The summed E-state index contributed by atoms with van der Waals surface area (Å²) in [4.78, 5) is 22.1. The van der Waals surface area contributed by atoms with Gasteiger partial charge in [0.2, 0.25) is 0 Å². The Bertz CT molecular complexity index is 461. The van der Waals surface area contributed by atoms with Crippen LogP contribution in [0.5, 0.6) is 11.5 Å². The van der Waals surface area contributed by atoms with E-state index in [1.165, 1.54) is 0 Å². The van der Waals surface area contributed by atoms with Crippen LogP contribution in [0.2, 0.25) is 0 Å². The van der Waals surface area contributed by atoms with Gasteiger partial charge in [0, 0.05) is 11.8 Å². The topological polar surface area (TPSA) is 103 Å². The smallest absolute Gasteiger partial charge is 0.323 e. The molecule has 2 rings (SSSR count). The van der Waals surface area contributed by atoms with E-state index >= 15 is 0 Å². The van der Waals surface area contributed by atoms with E-state index in [-0.39, 0.29) is 0 Å². The van der Waals surface area contributed by atoms with Gasteiger partial charge in [-0.1, -0.05) is 0 Å². The summed E-state index contributed by atoms with van der Waals surface area (Å²) >= 11 is 0. The van der Waals surface area contributed by atoms with Crippen LogP contribution >= 0.6 is 0 Å². The lowest BCUT2D eigenvalue weighted by atomic mass is 10.2. The molecule has 2 amide bonds. The van der Waals surface area contributed by atoms with E-state index < -0.39 is 11.8 Å². The Morgan fingerprint density at radius 2 is 1.82 bits per heavy atom. The summed E-state index contributed by atoms with van der Waals surface area (Å²) in [5.74, 6) is 4.21. The number of ether oxygens (including phenoxy) is 2. The molecule has 0 saturated heterocycles. The maximum Gasteiger partial charge on any atom is 0.323 e. The molecule has 7 heteroatoms. The van der Waals surface area contributed by atoms with Gasteiger partial charge in [-0.15, -0.1) is 0 Å². The number of nitrogens with one attached hydrogen (secondary N) is 2. The number of carbonyl (C=O) groups is 2. The number of fused-ring (bicyclic) bond motifs is 1. The van der Waals surface area contributed by atoms with Gasteiger partial charge in [-0.05, 0) is 12.1 Å². The Kier molecular flexibility index (Phi) is 3.10. The highest BCUT2D eigenvalue weighted by atomic mass is 16.6. The zero-order chi connectivity index (χ0) is 12.3. The number of hydrogen-bond donors (Lipinski definition) is 3. The molecule has 0 atom stereocenters. The predicted molar refractivity (Wildman–Crippen MR) is 58.4 cm³/mol. The molecule has 1 aliphatic rings. The van der Waals surface area contributed by atoms with Crippen LogP contribution in [0.1, 0.15) is 0 Å². The summed E-state index contributed by atoms with van der Waals surface area (Å²) < 4.78 is 10.6. The maximum atomic E-state index is 11.2. The van der Waals surface area contributed by atoms with E-state index in [2.05, 4.69) is 5.32 Å².